The summed E-state index contributed by atoms with van der Waals surface area (Å²) < 4.78 is 7.67. The van der Waals surface area contributed by atoms with Gasteiger partial charge >= 0.3 is 0 Å². The lowest BCUT2D eigenvalue weighted by Crippen LogP contribution is -2.43. The van der Waals surface area contributed by atoms with Gasteiger partial charge in [-0.25, -0.2) is 4.98 Å². The highest BCUT2D eigenvalue weighted by Crippen LogP contribution is 2.29. The zero-order chi connectivity index (χ0) is 31.4. The predicted molar refractivity (Wildman–Crippen MR) is 166 cm³/mol. The van der Waals surface area contributed by atoms with Gasteiger partial charge in [0, 0.05) is 57.5 Å². The predicted octanol–water partition coefficient (Wildman–Crippen LogP) is 3.19. The molecule has 1 aliphatic rings. The summed E-state index contributed by atoms with van der Waals surface area (Å²) in [5.41, 5.74) is 2.65. The van der Waals surface area contributed by atoms with Crippen LogP contribution in [0.15, 0.2) is 59.7 Å². The lowest BCUT2D eigenvalue weighted by molar-refractivity contribution is -0.114. The number of benzene rings is 2. The zero-order valence-corrected chi connectivity index (χ0v) is 25.3. The Labute approximate surface area is 255 Å². The van der Waals surface area contributed by atoms with E-state index >= 15 is 0 Å². The second-order valence-corrected chi connectivity index (χ2v) is 11.7. The van der Waals surface area contributed by atoms with Gasteiger partial charge in [-0.15, -0.1) is 0 Å². The van der Waals surface area contributed by atoms with E-state index < -0.39 is 11.5 Å². The molecule has 1 fully saturated rings. The van der Waals surface area contributed by atoms with E-state index in [1.807, 2.05) is 10.6 Å². The van der Waals surface area contributed by atoms with E-state index in [-0.39, 0.29) is 35.2 Å². The first kappa shape index (κ1) is 30.8. The van der Waals surface area contributed by atoms with Crippen LogP contribution in [-0.2, 0) is 17.9 Å². The fourth-order valence-corrected chi connectivity index (χ4v) is 5.13. The van der Waals surface area contributed by atoms with Crippen LogP contribution in [0, 0.1) is 0 Å². The van der Waals surface area contributed by atoms with Crippen LogP contribution in [-0.4, -0.2) is 86.4 Å². The number of piperazine rings is 1. The van der Waals surface area contributed by atoms with Crippen molar-refractivity contribution in [2.75, 3.05) is 38.5 Å². The van der Waals surface area contributed by atoms with Crippen LogP contribution in [0.25, 0.3) is 11.0 Å². The number of amides is 2. The Bertz CT molecular complexity index is 1760. The molecule has 0 aliphatic carbocycles. The summed E-state index contributed by atoms with van der Waals surface area (Å²) in [5, 5.41) is 13.3. The first-order valence-corrected chi connectivity index (χ1v) is 14.4. The molecule has 3 N–H and O–H groups in total. The topological polar surface area (TPSA) is 145 Å². The quantitative estimate of drug-likeness (QED) is 0.249. The second kappa shape index (κ2) is 12.9. The third kappa shape index (κ3) is 7.46. The number of hydrogen-bond acceptors (Lipinski definition) is 8. The molecule has 0 radical (unpaired) electrons. The lowest BCUT2D eigenvalue weighted by atomic mass is 10.1. The summed E-state index contributed by atoms with van der Waals surface area (Å²) in [7, 11) is 2.13. The molecule has 44 heavy (non-hydrogen) atoms. The number of likely N-dealkylation sites (N-methyl/N-ethyl adjacent to an activating group) is 1. The average molecular weight is 600 g/mol. The number of rotatable bonds is 9. The van der Waals surface area contributed by atoms with Crippen molar-refractivity contribution in [3.05, 3.63) is 77.0 Å². The van der Waals surface area contributed by atoms with Crippen molar-refractivity contribution in [3.8, 4) is 11.6 Å². The summed E-state index contributed by atoms with van der Waals surface area (Å²) in [6, 6.07) is 13.9. The first-order chi connectivity index (χ1) is 21.0. The zero-order valence-electron chi connectivity index (χ0n) is 25.3. The van der Waals surface area contributed by atoms with Crippen LogP contribution in [0.2, 0.25) is 0 Å². The summed E-state index contributed by atoms with van der Waals surface area (Å²) in [5.74, 6) is -0.633. The van der Waals surface area contributed by atoms with E-state index in [0.29, 0.717) is 17.6 Å². The molecule has 0 bridgehead atoms. The van der Waals surface area contributed by atoms with Crippen LogP contribution in [0.3, 0.4) is 0 Å². The molecule has 0 atom stereocenters. The average Bonchev–Trinajstić information content (AvgIpc) is 3.29. The van der Waals surface area contributed by atoms with Crippen LogP contribution in [0.4, 0.5) is 5.69 Å². The van der Waals surface area contributed by atoms with Gasteiger partial charge < -0.3 is 29.6 Å². The van der Waals surface area contributed by atoms with Crippen molar-refractivity contribution in [3.63, 3.8) is 0 Å². The smallest absolute Gasteiger partial charge is 0.280 e. The number of carbonyl (C=O) groups is 3. The van der Waals surface area contributed by atoms with E-state index in [1.54, 1.807) is 32.0 Å². The first-order valence-electron chi connectivity index (χ1n) is 14.4. The van der Waals surface area contributed by atoms with E-state index in [2.05, 4.69) is 49.3 Å². The highest BCUT2D eigenvalue weighted by Gasteiger charge is 2.20. The number of aldehydes is 1. The van der Waals surface area contributed by atoms with Crippen molar-refractivity contribution in [1.82, 2.24) is 24.3 Å². The monoisotopic (exact) mass is 599 g/mol. The molecule has 0 unspecified atom stereocenters. The van der Waals surface area contributed by atoms with Gasteiger partial charge in [-0.2, -0.15) is 4.99 Å². The van der Waals surface area contributed by atoms with E-state index in [4.69, 9.17) is 4.74 Å². The van der Waals surface area contributed by atoms with Gasteiger partial charge in [-0.05, 0) is 56.8 Å². The number of aliphatic hydroxyl groups is 1. The Morgan fingerprint density at radius 1 is 1.14 bits per heavy atom. The standard InChI is InChI=1S/C32H37N7O5/c1-21(41)34-25-6-5-7-28(24(25)19-40)44-29-17-23(10-11-33-29)30(42)36-31-35-26-9-8-22(18-38-14-12-37(4)13-15-38)16-27(26)39(31)20-32(2,3)43/h5-11,16-17,19,43H,12-15,18,20H2,1-4H3,(H,34,41)(H,35,36,42). The SMILES string of the molecule is CC(=O)Nc1cccc(Oc2cc(C(=O)/N=c3\[nH]c4ccc(CN5CCN(C)CC5)cc4n3CC(C)(C)O)ccn2)c1C=O. The van der Waals surface area contributed by atoms with Gasteiger partial charge in [0.1, 0.15) is 5.75 Å². The number of imidazole rings is 1. The minimum atomic E-state index is -1.07. The molecule has 12 heteroatoms. The molecule has 0 spiro atoms. The Kier molecular flexibility index (Phi) is 9.04. The minimum absolute atomic E-state index is 0.0729. The van der Waals surface area contributed by atoms with Crippen molar-refractivity contribution < 1.29 is 24.2 Å². The number of aromatic amines is 1. The van der Waals surface area contributed by atoms with Crippen molar-refractivity contribution in [2.45, 2.75) is 39.5 Å². The van der Waals surface area contributed by atoms with Gasteiger partial charge in [0.15, 0.2) is 6.29 Å². The molecule has 0 saturated carbocycles. The van der Waals surface area contributed by atoms with Gasteiger partial charge in [-0.3, -0.25) is 19.3 Å². The van der Waals surface area contributed by atoms with Gasteiger partial charge in [0.05, 0.1) is 34.4 Å². The maximum atomic E-state index is 13.4. The molecular formula is C32H37N7O5. The lowest BCUT2D eigenvalue weighted by Gasteiger charge is -2.32. The Balaban J connectivity index is 1.45. The summed E-state index contributed by atoms with van der Waals surface area (Å²) >= 11 is 0. The Hall–Kier alpha value is -4.65. The number of aromatic nitrogens is 3. The molecular weight excluding hydrogens is 562 g/mol. The van der Waals surface area contributed by atoms with Gasteiger partial charge in [0.2, 0.25) is 17.4 Å². The maximum Gasteiger partial charge on any atom is 0.280 e. The third-order valence-electron chi connectivity index (χ3n) is 7.30. The molecule has 2 aromatic carbocycles. The highest BCUT2D eigenvalue weighted by molar-refractivity contribution is 5.97. The summed E-state index contributed by atoms with van der Waals surface area (Å²) in [6.07, 6.45) is 2.00. The third-order valence-corrected chi connectivity index (χ3v) is 7.30. The van der Waals surface area contributed by atoms with Crippen LogP contribution < -0.4 is 15.7 Å². The number of H-pyrrole nitrogens is 1. The highest BCUT2D eigenvalue weighted by atomic mass is 16.5. The van der Waals surface area contributed by atoms with Gasteiger partial charge in [-0.1, -0.05) is 12.1 Å². The molecule has 2 aromatic heterocycles. The Morgan fingerprint density at radius 2 is 1.91 bits per heavy atom. The number of carbonyl (C=O) groups excluding carboxylic acids is 3. The largest absolute Gasteiger partial charge is 0.438 e. The molecule has 12 nitrogen and oxygen atoms in total. The van der Waals surface area contributed by atoms with Crippen LogP contribution in [0.1, 0.15) is 47.1 Å². The maximum absolute atomic E-state index is 13.4. The number of nitrogens with zero attached hydrogens (tertiary/aromatic N) is 5. The summed E-state index contributed by atoms with van der Waals surface area (Å²) in [6.45, 7) is 9.82. The number of fused-ring (bicyclic) bond motifs is 1. The van der Waals surface area contributed by atoms with Crippen molar-refractivity contribution >= 4 is 34.8 Å². The number of hydrogen-bond donors (Lipinski definition) is 3. The number of pyridine rings is 1. The normalized spacial score (nSPS) is 15.0. The van der Waals surface area contributed by atoms with Gasteiger partial charge in [0.25, 0.3) is 5.91 Å². The molecule has 230 valence electrons. The second-order valence-electron chi connectivity index (χ2n) is 11.7. The molecule has 1 aliphatic heterocycles. The number of nitrogens with one attached hydrogen (secondary N) is 2. The van der Waals surface area contributed by atoms with E-state index in [9.17, 15) is 19.5 Å². The summed E-state index contributed by atoms with van der Waals surface area (Å²) in [4.78, 5) is 53.3. The Morgan fingerprint density at radius 3 is 2.61 bits per heavy atom. The van der Waals surface area contributed by atoms with Crippen LogP contribution in [0.5, 0.6) is 11.6 Å². The minimum Gasteiger partial charge on any atom is -0.438 e. The number of anilines is 1. The van der Waals surface area contributed by atoms with E-state index in [0.717, 1.165) is 49.3 Å². The molecule has 1 saturated heterocycles. The van der Waals surface area contributed by atoms with Crippen LogP contribution >= 0.6 is 0 Å². The fraction of sp³-hybridized carbons (Fsp3) is 0.344. The number of ether oxygens (including phenoxy) is 1. The molecule has 3 heterocycles. The van der Waals surface area contributed by atoms with Crippen molar-refractivity contribution in [1.29, 1.82) is 0 Å². The molecule has 2 amide bonds. The fourth-order valence-electron chi connectivity index (χ4n) is 5.13. The van der Waals surface area contributed by atoms with E-state index in [1.165, 1.54) is 25.3 Å². The van der Waals surface area contributed by atoms with Crippen molar-refractivity contribution in [2.24, 2.45) is 4.99 Å². The molecule has 5 rings (SSSR count). The molecule has 4 aromatic rings.